The van der Waals surface area contributed by atoms with Crippen molar-refractivity contribution in [1.29, 1.82) is 0 Å². The lowest BCUT2D eigenvalue weighted by atomic mass is 9.86. The Hall–Kier alpha value is -2.71. The van der Waals surface area contributed by atoms with Gasteiger partial charge < -0.3 is 4.90 Å². The summed E-state index contributed by atoms with van der Waals surface area (Å²) in [6.07, 6.45) is 5.24. The quantitative estimate of drug-likeness (QED) is 0.688. The van der Waals surface area contributed by atoms with Crippen molar-refractivity contribution in [2.45, 2.75) is 38.8 Å². The Morgan fingerprint density at radius 1 is 1.26 bits per heavy atom. The van der Waals surface area contributed by atoms with Crippen LogP contribution < -0.4 is 11.1 Å². The molecule has 2 aliphatic heterocycles. The van der Waals surface area contributed by atoms with Gasteiger partial charge in [0.05, 0.1) is 0 Å². The molecule has 1 saturated carbocycles. The largest absolute Gasteiger partial charge is 0.337 e. The van der Waals surface area contributed by atoms with Crippen molar-refractivity contribution in [1.82, 2.24) is 29.0 Å². The van der Waals surface area contributed by atoms with E-state index in [2.05, 4.69) is 10.2 Å². The maximum absolute atomic E-state index is 12.8. The zero-order valence-electron chi connectivity index (χ0n) is 15.3. The summed E-state index contributed by atoms with van der Waals surface area (Å²) in [6, 6.07) is 1.72. The summed E-state index contributed by atoms with van der Waals surface area (Å²) in [5, 5.41) is 8.56. The van der Waals surface area contributed by atoms with E-state index in [1.807, 2.05) is 4.90 Å². The van der Waals surface area contributed by atoms with Crippen LogP contribution >= 0.6 is 0 Å². The van der Waals surface area contributed by atoms with E-state index in [4.69, 9.17) is 0 Å². The number of nitrogens with zero attached hydrogens (tertiary/aromatic N) is 6. The molecule has 1 atom stereocenters. The molecule has 0 radical (unpaired) electrons. The normalized spacial score (nSPS) is 24.0. The number of carbonyl (C=O) groups is 1. The first-order valence-electron chi connectivity index (χ1n) is 9.44. The summed E-state index contributed by atoms with van der Waals surface area (Å²) in [5.74, 6) is 1.11. The Morgan fingerprint density at radius 3 is 2.78 bits per heavy atom. The number of hydrogen-bond donors (Lipinski definition) is 0. The zero-order valence-corrected chi connectivity index (χ0v) is 15.3. The highest BCUT2D eigenvalue weighted by Gasteiger charge is 2.46. The lowest BCUT2D eigenvalue weighted by Crippen LogP contribution is -2.43. The summed E-state index contributed by atoms with van der Waals surface area (Å²) < 4.78 is 4.47. The van der Waals surface area contributed by atoms with Gasteiger partial charge in [0.2, 0.25) is 0 Å². The summed E-state index contributed by atoms with van der Waals surface area (Å²) >= 11 is 0. The summed E-state index contributed by atoms with van der Waals surface area (Å²) in [5.41, 5.74) is -0.655. The Labute approximate surface area is 155 Å². The van der Waals surface area contributed by atoms with Crippen molar-refractivity contribution in [3.8, 4) is 0 Å². The minimum absolute atomic E-state index is 0.0450. The van der Waals surface area contributed by atoms with Crippen molar-refractivity contribution in [3.63, 3.8) is 0 Å². The van der Waals surface area contributed by atoms with E-state index < -0.39 is 11.1 Å². The fourth-order valence-electron chi connectivity index (χ4n) is 4.40. The number of carbonyl (C=O) groups excluding carboxylic acids is 1. The topological polar surface area (TPSA) is 95.0 Å². The van der Waals surface area contributed by atoms with Gasteiger partial charge in [-0.25, -0.2) is 4.68 Å². The summed E-state index contributed by atoms with van der Waals surface area (Å²) in [4.78, 5) is 39.5. The third-order valence-electron chi connectivity index (χ3n) is 6.13. The van der Waals surface area contributed by atoms with E-state index >= 15 is 0 Å². The van der Waals surface area contributed by atoms with Gasteiger partial charge in [-0.3, -0.25) is 23.6 Å². The molecule has 5 rings (SSSR count). The number of aryl methyl sites for hydroxylation is 1. The van der Waals surface area contributed by atoms with E-state index in [0.717, 1.165) is 19.3 Å². The van der Waals surface area contributed by atoms with Crippen LogP contribution in [0.5, 0.6) is 0 Å². The van der Waals surface area contributed by atoms with Crippen molar-refractivity contribution in [3.05, 3.63) is 44.5 Å². The number of aromatic nitrogens is 5. The number of hydrogen-bond acceptors (Lipinski definition) is 5. The fraction of sp³-hybridized carbons (Fsp3) is 0.611. The predicted octanol–water partition coefficient (Wildman–Crippen LogP) is -0.363. The average Bonchev–Trinajstić information content (AvgIpc) is 3.04. The highest BCUT2D eigenvalue weighted by Crippen LogP contribution is 2.39. The van der Waals surface area contributed by atoms with Crippen LogP contribution in [0.1, 0.15) is 35.6 Å². The smallest absolute Gasteiger partial charge is 0.332 e. The van der Waals surface area contributed by atoms with E-state index in [0.29, 0.717) is 50.0 Å². The molecule has 0 unspecified atom stereocenters. The first kappa shape index (κ1) is 16.5. The molecule has 142 valence electrons. The monoisotopic (exact) mass is 370 g/mol. The van der Waals surface area contributed by atoms with Gasteiger partial charge in [-0.2, -0.15) is 10.2 Å². The molecule has 0 bridgehead atoms. The van der Waals surface area contributed by atoms with Gasteiger partial charge in [-0.05, 0) is 31.2 Å². The van der Waals surface area contributed by atoms with Gasteiger partial charge in [0, 0.05) is 51.3 Å². The van der Waals surface area contributed by atoms with Crippen LogP contribution in [0.4, 0.5) is 0 Å². The fourth-order valence-corrected chi connectivity index (χ4v) is 4.40. The maximum atomic E-state index is 12.8. The van der Waals surface area contributed by atoms with Crippen molar-refractivity contribution in [2.24, 2.45) is 18.4 Å². The molecule has 0 N–H and O–H groups in total. The Bertz CT molecular complexity index is 1050. The van der Waals surface area contributed by atoms with Crippen LogP contribution in [0.3, 0.4) is 0 Å². The predicted molar refractivity (Wildman–Crippen MR) is 95.3 cm³/mol. The summed E-state index contributed by atoms with van der Waals surface area (Å²) in [7, 11) is 1.75. The van der Waals surface area contributed by atoms with Crippen molar-refractivity contribution in [2.75, 3.05) is 13.1 Å². The van der Waals surface area contributed by atoms with Gasteiger partial charge in [-0.15, -0.1) is 0 Å². The molecule has 0 aromatic carbocycles. The molecule has 9 nitrogen and oxygen atoms in total. The standard InChI is InChI=1S/C18H22N6O3/c1-21-13(4-6-19-21)15(25)22-7-5-18(10-22)8-14-20-24(9-12-2-3-12)17(27)16(26)23(14)11-18/h4,6,12H,2-3,5,7-11H2,1H3/t18-/m1/s1. The molecule has 9 heteroatoms. The molecular formula is C18H22N6O3. The second-order valence-electron chi connectivity index (χ2n) is 8.23. The first-order valence-corrected chi connectivity index (χ1v) is 9.44. The molecular weight excluding hydrogens is 348 g/mol. The Morgan fingerprint density at radius 2 is 2.07 bits per heavy atom. The van der Waals surface area contributed by atoms with E-state index in [1.54, 1.807) is 24.0 Å². The average molecular weight is 370 g/mol. The van der Waals surface area contributed by atoms with Crippen molar-refractivity contribution >= 4 is 5.91 Å². The number of likely N-dealkylation sites (tertiary alicyclic amines) is 1. The number of rotatable bonds is 3. The number of fused-ring (bicyclic) bond motifs is 1. The zero-order chi connectivity index (χ0) is 18.8. The molecule has 2 fully saturated rings. The van der Waals surface area contributed by atoms with Gasteiger partial charge in [0.25, 0.3) is 5.91 Å². The van der Waals surface area contributed by atoms with E-state index in [9.17, 15) is 14.4 Å². The minimum atomic E-state index is -0.525. The number of amides is 1. The van der Waals surface area contributed by atoms with Crippen LogP contribution in [0, 0.1) is 11.3 Å². The van der Waals surface area contributed by atoms with Crippen LogP contribution in [0.15, 0.2) is 21.9 Å². The van der Waals surface area contributed by atoms with Crippen LogP contribution in [0.25, 0.3) is 0 Å². The Balaban J connectivity index is 1.40. The molecule has 1 aliphatic carbocycles. The molecule has 4 heterocycles. The Kier molecular flexibility index (Phi) is 3.44. The van der Waals surface area contributed by atoms with Crippen LogP contribution in [0.2, 0.25) is 0 Å². The molecule has 2 aromatic rings. The SMILES string of the molecule is Cn1nccc1C(=O)N1CC[C@@]2(Cc3nn(CC4CC4)c(=O)c(=O)n3C2)C1. The minimum Gasteiger partial charge on any atom is -0.337 e. The molecule has 1 spiro atoms. The van der Waals surface area contributed by atoms with Gasteiger partial charge >= 0.3 is 11.1 Å². The van der Waals surface area contributed by atoms with Crippen LogP contribution in [-0.4, -0.2) is 48.0 Å². The first-order chi connectivity index (χ1) is 13.0. The third kappa shape index (κ3) is 2.64. The lowest BCUT2D eigenvalue weighted by molar-refractivity contribution is 0.0761. The molecule has 2 aromatic heterocycles. The van der Waals surface area contributed by atoms with E-state index in [1.165, 1.54) is 9.25 Å². The highest BCUT2D eigenvalue weighted by atomic mass is 16.2. The summed E-state index contributed by atoms with van der Waals surface area (Å²) in [6.45, 7) is 2.21. The van der Waals surface area contributed by atoms with Crippen molar-refractivity contribution < 1.29 is 4.79 Å². The molecule has 1 amide bonds. The van der Waals surface area contributed by atoms with Crippen LogP contribution in [-0.2, 0) is 26.6 Å². The second-order valence-corrected chi connectivity index (χ2v) is 8.23. The van der Waals surface area contributed by atoms with Gasteiger partial charge in [0.1, 0.15) is 11.5 Å². The lowest BCUT2D eigenvalue weighted by Gasteiger charge is -2.22. The van der Waals surface area contributed by atoms with Gasteiger partial charge in [-0.1, -0.05) is 0 Å². The third-order valence-corrected chi connectivity index (χ3v) is 6.13. The van der Waals surface area contributed by atoms with E-state index in [-0.39, 0.29) is 11.3 Å². The highest BCUT2D eigenvalue weighted by molar-refractivity contribution is 5.92. The molecule has 3 aliphatic rings. The van der Waals surface area contributed by atoms with Gasteiger partial charge in [0.15, 0.2) is 0 Å². The second kappa shape index (κ2) is 5.64. The maximum Gasteiger partial charge on any atom is 0.332 e. The molecule has 1 saturated heterocycles. The molecule has 27 heavy (non-hydrogen) atoms.